The number of carbonyl (C=O) groups is 1. The number of benzene rings is 1. The molecule has 0 aliphatic rings. The van der Waals surface area contributed by atoms with Gasteiger partial charge in [0.25, 0.3) is 0 Å². The molecule has 0 spiro atoms. The number of thiophene rings is 1. The monoisotopic (exact) mass is 394 g/mol. The zero-order chi connectivity index (χ0) is 19.0. The molecule has 3 unspecified atom stereocenters. The van der Waals surface area contributed by atoms with Crippen LogP contribution in [0, 0.1) is 5.92 Å². The third kappa shape index (κ3) is 6.08. The minimum atomic E-state index is -3.67. The van der Waals surface area contributed by atoms with Crippen molar-refractivity contribution in [1.82, 2.24) is 0 Å². The lowest BCUT2D eigenvalue weighted by atomic mass is 9.94. The molecule has 0 saturated heterocycles. The summed E-state index contributed by atoms with van der Waals surface area (Å²) in [5.74, 6) is -1.83. The Balaban J connectivity index is 2.26. The van der Waals surface area contributed by atoms with E-state index in [4.69, 9.17) is 0 Å². The summed E-state index contributed by atoms with van der Waals surface area (Å²) in [6.45, 7) is 2.07. The molecular weight excluding hydrogens is 367 g/mol. The van der Waals surface area contributed by atoms with Crippen molar-refractivity contribution in [3.05, 3.63) is 58.3 Å². The van der Waals surface area contributed by atoms with Crippen LogP contribution < -0.4 is 0 Å². The second-order valence-corrected chi connectivity index (χ2v) is 10.0. The lowest BCUT2D eigenvalue weighted by Gasteiger charge is -2.28. The van der Waals surface area contributed by atoms with Gasteiger partial charge in [-0.3, -0.25) is 9.36 Å². The van der Waals surface area contributed by atoms with Crippen LogP contribution in [0.2, 0.25) is 0 Å². The maximum absolute atomic E-state index is 13.2. The third-order valence-electron chi connectivity index (χ3n) is 4.69. The summed E-state index contributed by atoms with van der Waals surface area (Å²) in [4.78, 5) is 22.8. The summed E-state index contributed by atoms with van der Waals surface area (Å²) < 4.78 is 13.2. The zero-order valence-corrected chi connectivity index (χ0v) is 16.8. The molecule has 142 valence electrons. The first-order valence-electron chi connectivity index (χ1n) is 9.03. The van der Waals surface area contributed by atoms with Crippen LogP contribution in [0.25, 0.3) is 0 Å². The van der Waals surface area contributed by atoms with Crippen LogP contribution >= 0.6 is 18.7 Å². The van der Waals surface area contributed by atoms with E-state index in [0.717, 1.165) is 30.4 Å². The third-order valence-corrected chi connectivity index (χ3v) is 7.90. The van der Waals surface area contributed by atoms with Crippen molar-refractivity contribution in [2.24, 2.45) is 5.92 Å². The van der Waals surface area contributed by atoms with Gasteiger partial charge in [0, 0.05) is 11.8 Å². The normalized spacial score (nSPS) is 15.9. The molecule has 2 aromatic rings. The number of carboxylic acids is 1. The van der Waals surface area contributed by atoms with E-state index in [0.29, 0.717) is 12.8 Å². The second kappa shape index (κ2) is 10.1. The number of rotatable bonds is 11. The molecular formula is C20H27O4PS. The topological polar surface area (TPSA) is 74.6 Å². The Bertz CT molecular complexity index is 715. The Labute approximate surface area is 159 Å². The highest BCUT2D eigenvalue weighted by Gasteiger charge is 2.40. The summed E-state index contributed by atoms with van der Waals surface area (Å²) in [6, 6.07) is 11.1. The van der Waals surface area contributed by atoms with Gasteiger partial charge in [-0.2, -0.15) is 11.3 Å². The van der Waals surface area contributed by atoms with Crippen LogP contribution in [0.15, 0.2) is 47.2 Å². The molecule has 2 rings (SSSR count). The average molecular weight is 394 g/mol. The molecule has 2 N–H and O–H groups in total. The number of aliphatic carboxylic acids is 1. The lowest BCUT2D eigenvalue weighted by Crippen LogP contribution is -2.31. The van der Waals surface area contributed by atoms with Crippen LogP contribution in [0.4, 0.5) is 0 Å². The summed E-state index contributed by atoms with van der Waals surface area (Å²) in [5, 5.41) is 13.6. The van der Waals surface area contributed by atoms with Crippen molar-refractivity contribution in [2.75, 3.05) is 0 Å². The molecule has 1 aromatic heterocycles. The summed E-state index contributed by atoms with van der Waals surface area (Å²) in [6.07, 6.45) is 3.49. The van der Waals surface area contributed by atoms with E-state index in [1.165, 1.54) is 11.3 Å². The van der Waals surface area contributed by atoms with E-state index >= 15 is 0 Å². The van der Waals surface area contributed by atoms with Crippen LogP contribution in [-0.2, 0) is 21.9 Å². The average Bonchev–Trinajstić information content (AvgIpc) is 3.10. The SMILES string of the molecule is CCCCCC(C(Cc1ccsc1)C(=O)O)P(=O)(O)Cc1ccccc1. The first kappa shape index (κ1) is 20.9. The maximum Gasteiger partial charge on any atom is 0.307 e. The summed E-state index contributed by atoms with van der Waals surface area (Å²) in [7, 11) is -3.67. The Morgan fingerprint density at radius 3 is 2.46 bits per heavy atom. The standard InChI is InChI=1S/C20H27O4PS/c1-2-3-5-10-19(18(20(21)22)13-17-11-12-26-15-17)25(23,24)14-16-8-6-4-7-9-16/h4,6-9,11-12,15,18-19H,2-3,5,10,13-14H2,1H3,(H,21,22)(H,23,24). The summed E-state index contributed by atoms with van der Waals surface area (Å²) in [5.41, 5.74) is 0.966. The highest BCUT2D eigenvalue weighted by molar-refractivity contribution is 7.58. The molecule has 6 heteroatoms. The smallest absolute Gasteiger partial charge is 0.307 e. The van der Waals surface area contributed by atoms with Crippen LogP contribution in [-0.4, -0.2) is 21.6 Å². The highest BCUT2D eigenvalue weighted by atomic mass is 32.1. The van der Waals surface area contributed by atoms with E-state index in [1.54, 1.807) is 0 Å². The van der Waals surface area contributed by atoms with Crippen LogP contribution in [0.3, 0.4) is 0 Å². The van der Waals surface area contributed by atoms with Gasteiger partial charge >= 0.3 is 5.97 Å². The maximum atomic E-state index is 13.2. The quantitative estimate of drug-likeness (QED) is 0.395. The predicted molar refractivity (Wildman–Crippen MR) is 107 cm³/mol. The molecule has 3 atom stereocenters. The van der Waals surface area contributed by atoms with Gasteiger partial charge < -0.3 is 10.00 Å². The second-order valence-electron chi connectivity index (χ2n) is 6.74. The molecule has 0 fully saturated rings. The minimum absolute atomic E-state index is 0.0258. The fourth-order valence-corrected chi connectivity index (χ4v) is 6.33. The first-order valence-corrected chi connectivity index (χ1v) is 11.9. The molecule has 4 nitrogen and oxygen atoms in total. The van der Waals surface area contributed by atoms with Gasteiger partial charge in [-0.25, -0.2) is 0 Å². The van der Waals surface area contributed by atoms with E-state index in [-0.39, 0.29) is 6.16 Å². The van der Waals surface area contributed by atoms with E-state index in [2.05, 4.69) is 6.92 Å². The van der Waals surface area contributed by atoms with E-state index < -0.39 is 24.9 Å². The predicted octanol–water partition coefficient (Wildman–Crippen LogP) is 5.41. The molecule has 0 radical (unpaired) electrons. The van der Waals surface area contributed by atoms with Crippen LogP contribution in [0.1, 0.15) is 43.7 Å². The van der Waals surface area contributed by atoms with Gasteiger partial charge in [0.1, 0.15) is 0 Å². The number of hydrogen-bond acceptors (Lipinski definition) is 3. The Morgan fingerprint density at radius 2 is 1.88 bits per heavy atom. The van der Waals surface area contributed by atoms with Gasteiger partial charge in [-0.15, -0.1) is 0 Å². The van der Waals surface area contributed by atoms with Crippen molar-refractivity contribution in [2.45, 2.75) is 50.8 Å². The van der Waals surface area contributed by atoms with E-state index in [9.17, 15) is 19.4 Å². The summed E-state index contributed by atoms with van der Waals surface area (Å²) >= 11 is 1.51. The van der Waals surface area contributed by atoms with Crippen molar-refractivity contribution in [1.29, 1.82) is 0 Å². The molecule has 1 aromatic carbocycles. The molecule has 0 aliphatic carbocycles. The molecule has 0 aliphatic heterocycles. The highest BCUT2D eigenvalue weighted by Crippen LogP contribution is 2.54. The molecule has 26 heavy (non-hydrogen) atoms. The fraction of sp³-hybridized carbons (Fsp3) is 0.450. The zero-order valence-electron chi connectivity index (χ0n) is 15.1. The van der Waals surface area contributed by atoms with Crippen molar-refractivity contribution in [3.8, 4) is 0 Å². The van der Waals surface area contributed by atoms with Crippen molar-refractivity contribution < 1.29 is 19.4 Å². The fourth-order valence-electron chi connectivity index (χ4n) is 3.30. The largest absolute Gasteiger partial charge is 0.481 e. The Morgan fingerprint density at radius 1 is 1.15 bits per heavy atom. The van der Waals surface area contributed by atoms with Gasteiger partial charge in [0.05, 0.1) is 5.92 Å². The Kier molecular flexibility index (Phi) is 8.08. The minimum Gasteiger partial charge on any atom is -0.481 e. The molecule has 0 bridgehead atoms. The number of carboxylic acid groups (broad SMARTS) is 1. The molecule has 0 amide bonds. The number of unbranched alkanes of at least 4 members (excludes halogenated alkanes) is 2. The van der Waals surface area contributed by atoms with Crippen LogP contribution in [0.5, 0.6) is 0 Å². The molecule has 1 heterocycles. The lowest BCUT2D eigenvalue weighted by molar-refractivity contribution is -0.141. The van der Waals surface area contributed by atoms with Crippen molar-refractivity contribution in [3.63, 3.8) is 0 Å². The van der Waals surface area contributed by atoms with Crippen molar-refractivity contribution >= 4 is 24.7 Å². The Hall–Kier alpha value is -1.42. The molecule has 0 saturated carbocycles. The van der Waals surface area contributed by atoms with Gasteiger partial charge in [0.2, 0.25) is 7.37 Å². The first-order chi connectivity index (χ1) is 12.4. The van der Waals surface area contributed by atoms with Gasteiger partial charge in [-0.05, 0) is 40.8 Å². The van der Waals surface area contributed by atoms with Gasteiger partial charge in [-0.1, -0.05) is 56.5 Å². The number of hydrogen-bond donors (Lipinski definition) is 2. The van der Waals surface area contributed by atoms with Gasteiger partial charge in [0.15, 0.2) is 0 Å². The van der Waals surface area contributed by atoms with E-state index in [1.807, 2.05) is 47.2 Å².